The molecule has 0 amide bonds. The van der Waals surface area contributed by atoms with Crippen LogP contribution in [0.5, 0.6) is 0 Å². The second-order valence-corrected chi connectivity index (χ2v) is 16.2. The Bertz CT molecular complexity index is 1610. The molecule has 5 aromatic carbocycles. The summed E-state index contributed by atoms with van der Waals surface area (Å²) in [6, 6.07) is 46.8. The van der Waals surface area contributed by atoms with Gasteiger partial charge in [-0.15, -0.1) is 0 Å². The van der Waals surface area contributed by atoms with Gasteiger partial charge in [0.2, 0.25) is 0 Å². The maximum absolute atomic E-state index is 14.0. The first-order valence-electron chi connectivity index (χ1n) is 12.7. The normalized spacial score (nSPS) is 12.8. The first kappa shape index (κ1) is 24.6. The Morgan fingerprint density at radius 1 is 0.605 bits per heavy atom. The van der Waals surface area contributed by atoms with Crippen molar-refractivity contribution in [2.45, 2.75) is 6.16 Å². The average molecular weight is 536 g/mol. The van der Waals surface area contributed by atoms with Crippen molar-refractivity contribution < 1.29 is 4.39 Å². The second-order valence-electron chi connectivity index (χ2n) is 9.75. The van der Waals surface area contributed by atoms with Crippen LogP contribution in [0.25, 0.3) is 22.0 Å². The van der Waals surface area contributed by atoms with Crippen LogP contribution in [0.3, 0.4) is 0 Å². The van der Waals surface area contributed by atoms with Crippen LogP contribution < -0.4 is 15.9 Å². The van der Waals surface area contributed by atoms with Crippen LogP contribution in [0.1, 0.15) is 5.69 Å². The number of benzene rings is 5. The molecule has 0 spiro atoms. The number of hydrogen-bond donors (Lipinski definition) is 0. The third kappa shape index (κ3) is 3.79. The third-order valence-electron chi connectivity index (χ3n) is 7.69. The number of hydrogen-bond acceptors (Lipinski definition) is 0. The molecule has 6 aromatic rings. The fraction of sp³-hybridized carbons (Fsp3) is 0.0588. The zero-order valence-corrected chi connectivity index (χ0v) is 22.8. The van der Waals surface area contributed by atoms with Crippen molar-refractivity contribution in [3.05, 3.63) is 151 Å². The van der Waals surface area contributed by atoms with Gasteiger partial charge in [-0.3, -0.25) is 0 Å². The summed E-state index contributed by atoms with van der Waals surface area (Å²) in [5, 5.41) is 4.49. The van der Waals surface area contributed by atoms with Gasteiger partial charge in [0.25, 0.3) is 0 Å². The Balaban J connectivity index is 1.74. The Kier molecular flexibility index (Phi) is 6.19. The zero-order chi connectivity index (χ0) is 26.2. The maximum atomic E-state index is 14.0. The minimum absolute atomic E-state index is 0.245. The third-order valence-corrected chi connectivity index (χ3v) is 14.8. The van der Waals surface area contributed by atoms with E-state index in [2.05, 4.69) is 109 Å². The molecule has 0 saturated carbocycles. The molecule has 6 rings (SSSR count). The van der Waals surface area contributed by atoms with Gasteiger partial charge in [-0.2, -0.15) is 0 Å². The molecule has 0 N–H and O–H groups in total. The number of para-hydroxylation sites is 1. The molecule has 1 aromatic heterocycles. The molecule has 0 atom stereocenters. The number of fused-ring (bicyclic) bond motifs is 1. The molecule has 188 valence electrons. The molecule has 1 heterocycles. The van der Waals surface area contributed by atoms with E-state index in [4.69, 9.17) is 11.2 Å². The number of rotatable bonds is 6. The van der Waals surface area contributed by atoms with Crippen LogP contribution in [0, 0.1) is 5.82 Å². The van der Waals surface area contributed by atoms with E-state index < -0.39 is 5.96 Å². The van der Waals surface area contributed by atoms with E-state index in [-0.39, 0.29) is 5.82 Å². The predicted molar refractivity (Wildman–Crippen MR) is 163 cm³/mol. The standard InChI is InChI=1S/C34H28ClFNP/c1-37-32-20-12-11-19-31(32)34(26-21-23-27(36)24-22-26)33(37)25-38(35,28-13-5-2-6-14-28,29-15-7-3-8-16-29)30-17-9-4-10-18-30/h2-24H,25H2,1H3. The first-order valence-corrected chi connectivity index (χ1v) is 16.1. The Morgan fingerprint density at radius 3 is 1.55 bits per heavy atom. The quantitative estimate of drug-likeness (QED) is 0.190. The molecule has 0 radical (unpaired) electrons. The van der Waals surface area contributed by atoms with Crippen LogP contribution in [-0.4, -0.2) is 4.57 Å². The van der Waals surface area contributed by atoms with Gasteiger partial charge in [-0.1, -0.05) is 0 Å². The molecule has 38 heavy (non-hydrogen) atoms. The molecule has 0 saturated heterocycles. The summed E-state index contributed by atoms with van der Waals surface area (Å²) < 4.78 is 16.3. The van der Waals surface area contributed by atoms with Crippen LogP contribution in [0.15, 0.2) is 140 Å². The molecule has 0 unspecified atom stereocenters. The molecule has 0 aliphatic heterocycles. The summed E-state index contributed by atoms with van der Waals surface area (Å²) in [5.74, 6) is -3.83. The van der Waals surface area contributed by atoms with E-state index in [1.165, 1.54) is 12.1 Å². The van der Waals surface area contributed by atoms with Crippen LogP contribution in [-0.2, 0) is 13.2 Å². The van der Waals surface area contributed by atoms with E-state index in [1.54, 1.807) is 0 Å². The summed E-state index contributed by atoms with van der Waals surface area (Å²) in [6.07, 6.45) is 0.600. The summed E-state index contributed by atoms with van der Waals surface area (Å²) in [4.78, 5) is 0. The van der Waals surface area contributed by atoms with E-state index in [0.29, 0.717) is 6.16 Å². The van der Waals surface area contributed by atoms with Crippen LogP contribution in [0.4, 0.5) is 4.39 Å². The zero-order valence-electron chi connectivity index (χ0n) is 21.1. The van der Waals surface area contributed by atoms with Gasteiger partial charge in [0.15, 0.2) is 0 Å². The van der Waals surface area contributed by atoms with E-state index >= 15 is 0 Å². The molecular formula is C34H28ClFNP. The van der Waals surface area contributed by atoms with Crippen molar-refractivity contribution >= 4 is 44.0 Å². The molecule has 0 fully saturated rings. The number of aromatic nitrogens is 1. The van der Waals surface area contributed by atoms with Crippen LogP contribution >= 0.6 is 17.2 Å². The SMILES string of the molecule is Cn1c(CP(Cl)(c2ccccc2)(c2ccccc2)c2ccccc2)c(-c2ccc(F)cc2)c2ccccc21. The van der Waals surface area contributed by atoms with Crippen molar-refractivity contribution in [2.24, 2.45) is 7.05 Å². The van der Waals surface area contributed by atoms with Crippen LogP contribution in [0.2, 0.25) is 0 Å². The van der Waals surface area contributed by atoms with Gasteiger partial charge in [0, 0.05) is 0 Å². The van der Waals surface area contributed by atoms with Gasteiger partial charge >= 0.3 is 228 Å². The van der Waals surface area contributed by atoms with Gasteiger partial charge < -0.3 is 0 Å². The van der Waals surface area contributed by atoms with Crippen molar-refractivity contribution in [3.63, 3.8) is 0 Å². The molecule has 0 aliphatic carbocycles. The summed E-state index contributed by atoms with van der Waals surface area (Å²) in [6.45, 7) is 0. The molecule has 4 heteroatoms. The number of halogens is 2. The minimum atomic E-state index is -3.58. The Hall–Kier alpha value is -3.71. The molecule has 1 nitrogen and oxygen atoms in total. The topological polar surface area (TPSA) is 4.93 Å². The Morgan fingerprint density at radius 2 is 1.05 bits per heavy atom. The summed E-state index contributed by atoms with van der Waals surface area (Å²) in [7, 11) is 2.11. The van der Waals surface area contributed by atoms with Gasteiger partial charge in [-0.25, -0.2) is 0 Å². The van der Waals surface area contributed by atoms with Gasteiger partial charge in [0.1, 0.15) is 0 Å². The first-order chi connectivity index (χ1) is 18.5. The number of aryl methyl sites for hydroxylation is 1. The molecule has 0 bridgehead atoms. The van der Waals surface area contributed by atoms with E-state index in [1.807, 2.05) is 30.3 Å². The summed E-state index contributed by atoms with van der Waals surface area (Å²) in [5.41, 5.74) is 4.33. The fourth-order valence-corrected chi connectivity index (χ4v) is 11.9. The second kappa shape index (κ2) is 9.55. The monoisotopic (exact) mass is 535 g/mol. The average Bonchev–Trinajstić information content (AvgIpc) is 3.25. The number of nitrogens with zero attached hydrogens (tertiary/aromatic N) is 1. The fourth-order valence-electron chi connectivity index (χ4n) is 5.79. The van der Waals surface area contributed by atoms with E-state index in [0.717, 1.165) is 43.6 Å². The summed E-state index contributed by atoms with van der Waals surface area (Å²) >= 11 is 8.45. The van der Waals surface area contributed by atoms with Crippen molar-refractivity contribution in [2.75, 3.05) is 0 Å². The Labute approximate surface area is 227 Å². The molecular weight excluding hydrogens is 508 g/mol. The van der Waals surface area contributed by atoms with Gasteiger partial charge in [-0.05, 0) is 0 Å². The van der Waals surface area contributed by atoms with Gasteiger partial charge in [0.05, 0.1) is 0 Å². The van der Waals surface area contributed by atoms with Crippen molar-refractivity contribution in [3.8, 4) is 11.1 Å². The van der Waals surface area contributed by atoms with E-state index in [9.17, 15) is 4.39 Å². The predicted octanol–water partition coefficient (Wildman–Crippen LogP) is 8.17. The molecule has 0 aliphatic rings. The van der Waals surface area contributed by atoms with Crippen molar-refractivity contribution in [1.82, 2.24) is 4.57 Å². The van der Waals surface area contributed by atoms with Crippen molar-refractivity contribution in [1.29, 1.82) is 0 Å².